The lowest BCUT2D eigenvalue weighted by Crippen LogP contribution is -2.22. The first kappa shape index (κ1) is 12.7. The van der Waals surface area contributed by atoms with Crippen molar-refractivity contribution in [3.8, 4) is 0 Å². The van der Waals surface area contributed by atoms with Crippen LogP contribution in [0.4, 0.5) is 0 Å². The Kier molecular flexibility index (Phi) is 9.56. The Morgan fingerprint density at radius 2 is 1.62 bits per heavy atom. The van der Waals surface area contributed by atoms with Crippen LogP contribution in [-0.4, -0.2) is 24.5 Å². The van der Waals surface area contributed by atoms with Gasteiger partial charge in [-0.25, -0.2) is 0 Å². The van der Waals surface area contributed by atoms with Gasteiger partial charge >= 0.3 is 0 Å². The zero-order valence-electron chi connectivity index (χ0n) is 9.55. The van der Waals surface area contributed by atoms with E-state index in [1.54, 1.807) is 0 Å². The van der Waals surface area contributed by atoms with Crippen molar-refractivity contribution in [3.05, 3.63) is 12.2 Å². The van der Waals surface area contributed by atoms with Gasteiger partial charge in [0.15, 0.2) is 0 Å². The lowest BCUT2D eigenvalue weighted by atomic mass is 10.2. The number of likely N-dealkylation sites (N-methyl/N-ethyl adjacent to an activating group) is 1. The molecule has 13 heavy (non-hydrogen) atoms. The van der Waals surface area contributed by atoms with Gasteiger partial charge in [-0.2, -0.15) is 0 Å². The summed E-state index contributed by atoms with van der Waals surface area (Å²) in [4.78, 5) is 2.43. The molecule has 0 N–H and O–H groups in total. The molecule has 0 unspecified atom stereocenters. The molecule has 0 rings (SSSR count). The lowest BCUT2D eigenvalue weighted by molar-refractivity contribution is 0.337. The molecule has 78 valence electrons. The molecule has 0 saturated carbocycles. The molecule has 0 radical (unpaired) electrons. The van der Waals surface area contributed by atoms with Crippen LogP contribution in [0.15, 0.2) is 12.2 Å². The molecule has 0 fully saturated rings. The van der Waals surface area contributed by atoms with Gasteiger partial charge in [-0.15, -0.1) is 0 Å². The smallest absolute Gasteiger partial charge is 0.0162 e. The van der Waals surface area contributed by atoms with E-state index >= 15 is 0 Å². The summed E-state index contributed by atoms with van der Waals surface area (Å²) in [6, 6.07) is 0. The first-order chi connectivity index (χ1) is 6.35. The van der Waals surface area contributed by atoms with E-state index in [1.165, 1.54) is 25.7 Å². The molecule has 0 bridgehead atoms. The van der Waals surface area contributed by atoms with Crippen LogP contribution < -0.4 is 0 Å². The minimum Gasteiger partial charge on any atom is -0.300 e. The van der Waals surface area contributed by atoms with E-state index < -0.39 is 0 Å². The van der Waals surface area contributed by atoms with E-state index in [0.717, 1.165) is 19.6 Å². The molecule has 0 amide bonds. The zero-order valence-corrected chi connectivity index (χ0v) is 9.55. The molecule has 1 nitrogen and oxygen atoms in total. The third kappa shape index (κ3) is 8.04. The molecule has 0 aromatic rings. The van der Waals surface area contributed by atoms with E-state index in [2.05, 4.69) is 37.8 Å². The maximum absolute atomic E-state index is 2.43. The highest BCUT2D eigenvalue weighted by atomic mass is 15.1. The Morgan fingerprint density at radius 1 is 0.923 bits per heavy atom. The number of allylic oxidation sites excluding steroid dienone is 1. The van der Waals surface area contributed by atoms with Crippen molar-refractivity contribution in [2.24, 2.45) is 0 Å². The summed E-state index contributed by atoms with van der Waals surface area (Å²) in [6.07, 6.45) is 9.94. The third-order valence-corrected chi connectivity index (χ3v) is 2.40. The third-order valence-electron chi connectivity index (χ3n) is 2.40. The van der Waals surface area contributed by atoms with Crippen LogP contribution in [0.1, 0.15) is 46.5 Å². The fourth-order valence-corrected chi connectivity index (χ4v) is 1.34. The maximum Gasteiger partial charge on any atom is 0.0162 e. The quantitative estimate of drug-likeness (QED) is 0.411. The summed E-state index contributed by atoms with van der Waals surface area (Å²) in [7, 11) is 0. The van der Waals surface area contributed by atoms with Gasteiger partial charge in [-0.1, -0.05) is 45.8 Å². The van der Waals surface area contributed by atoms with E-state index in [-0.39, 0.29) is 0 Å². The summed E-state index contributed by atoms with van der Waals surface area (Å²) in [5.41, 5.74) is 0. The first-order valence-electron chi connectivity index (χ1n) is 5.72. The van der Waals surface area contributed by atoms with Gasteiger partial charge in [0, 0.05) is 6.54 Å². The second kappa shape index (κ2) is 9.79. The molecule has 0 aromatic heterocycles. The largest absolute Gasteiger partial charge is 0.300 e. The summed E-state index contributed by atoms with van der Waals surface area (Å²) < 4.78 is 0. The normalized spacial score (nSPS) is 11.7. The van der Waals surface area contributed by atoms with Crippen molar-refractivity contribution in [1.29, 1.82) is 0 Å². The second-order valence-electron chi connectivity index (χ2n) is 3.45. The molecule has 0 spiro atoms. The van der Waals surface area contributed by atoms with E-state index in [1.807, 2.05) is 0 Å². The van der Waals surface area contributed by atoms with Gasteiger partial charge in [-0.3, -0.25) is 0 Å². The number of nitrogens with zero attached hydrogens (tertiary/aromatic N) is 1. The highest BCUT2D eigenvalue weighted by molar-refractivity contribution is 4.84. The molecule has 0 aliphatic rings. The number of hydrogen-bond acceptors (Lipinski definition) is 1. The average molecular weight is 183 g/mol. The molecule has 0 aromatic carbocycles. The monoisotopic (exact) mass is 183 g/mol. The molecule has 0 aliphatic carbocycles. The summed E-state index contributed by atoms with van der Waals surface area (Å²) in [5.74, 6) is 0. The molecule has 1 heteroatoms. The summed E-state index contributed by atoms with van der Waals surface area (Å²) >= 11 is 0. The standard InChI is InChI=1S/C12H25N/c1-4-7-8-9-10-11-12-13(5-2)6-3/h10-11H,4-9,12H2,1-3H3/b11-10+. The molecule has 0 aliphatic heterocycles. The summed E-state index contributed by atoms with van der Waals surface area (Å²) in [5, 5.41) is 0. The number of unbranched alkanes of at least 4 members (excludes halogenated alkanes) is 3. The average Bonchev–Trinajstić information content (AvgIpc) is 2.17. The molecule has 0 atom stereocenters. The van der Waals surface area contributed by atoms with E-state index in [4.69, 9.17) is 0 Å². The van der Waals surface area contributed by atoms with Crippen molar-refractivity contribution in [1.82, 2.24) is 4.90 Å². The van der Waals surface area contributed by atoms with Crippen LogP contribution in [0.25, 0.3) is 0 Å². The van der Waals surface area contributed by atoms with Gasteiger partial charge in [0.25, 0.3) is 0 Å². The minimum absolute atomic E-state index is 1.12. The van der Waals surface area contributed by atoms with Crippen molar-refractivity contribution < 1.29 is 0 Å². The van der Waals surface area contributed by atoms with Crippen molar-refractivity contribution >= 4 is 0 Å². The molecule has 0 saturated heterocycles. The van der Waals surface area contributed by atoms with Gasteiger partial charge in [0.05, 0.1) is 0 Å². The number of rotatable bonds is 8. The Morgan fingerprint density at radius 3 is 2.15 bits per heavy atom. The Labute approximate surface area is 83.8 Å². The van der Waals surface area contributed by atoms with Crippen LogP contribution in [0.2, 0.25) is 0 Å². The zero-order chi connectivity index (χ0) is 9.94. The van der Waals surface area contributed by atoms with Crippen LogP contribution in [0, 0.1) is 0 Å². The first-order valence-corrected chi connectivity index (χ1v) is 5.72. The molecule has 0 heterocycles. The Bertz CT molecular complexity index is 114. The SMILES string of the molecule is CCCCC/C=C/CN(CC)CC. The van der Waals surface area contributed by atoms with Gasteiger partial charge in [0.1, 0.15) is 0 Å². The van der Waals surface area contributed by atoms with Crippen LogP contribution in [-0.2, 0) is 0 Å². The Hall–Kier alpha value is -0.300. The summed E-state index contributed by atoms with van der Waals surface area (Å²) in [6.45, 7) is 10.1. The van der Waals surface area contributed by atoms with Crippen molar-refractivity contribution in [2.75, 3.05) is 19.6 Å². The van der Waals surface area contributed by atoms with E-state index in [0.29, 0.717) is 0 Å². The predicted octanol–water partition coefficient (Wildman–Crippen LogP) is 3.46. The van der Waals surface area contributed by atoms with Crippen LogP contribution >= 0.6 is 0 Å². The van der Waals surface area contributed by atoms with Gasteiger partial charge in [-0.05, 0) is 25.9 Å². The predicted molar refractivity (Wildman–Crippen MR) is 61.1 cm³/mol. The second-order valence-corrected chi connectivity index (χ2v) is 3.45. The molecular formula is C12H25N. The highest BCUT2D eigenvalue weighted by Gasteiger charge is 1.92. The topological polar surface area (TPSA) is 3.24 Å². The molecular weight excluding hydrogens is 158 g/mol. The van der Waals surface area contributed by atoms with Crippen LogP contribution in [0.5, 0.6) is 0 Å². The lowest BCUT2D eigenvalue weighted by Gasteiger charge is -2.14. The van der Waals surface area contributed by atoms with Crippen molar-refractivity contribution in [2.45, 2.75) is 46.5 Å². The van der Waals surface area contributed by atoms with Crippen LogP contribution in [0.3, 0.4) is 0 Å². The Balaban J connectivity index is 3.28. The highest BCUT2D eigenvalue weighted by Crippen LogP contribution is 1.99. The van der Waals surface area contributed by atoms with Gasteiger partial charge < -0.3 is 4.90 Å². The number of hydrogen-bond donors (Lipinski definition) is 0. The minimum atomic E-state index is 1.12. The van der Waals surface area contributed by atoms with Gasteiger partial charge in [0.2, 0.25) is 0 Å². The fourth-order valence-electron chi connectivity index (χ4n) is 1.34. The maximum atomic E-state index is 2.43. The van der Waals surface area contributed by atoms with Crippen molar-refractivity contribution in [3.63, 3.8) is 0 Å². The van der Waals surface area contributed by atoms with E-state index in [9.17, 15) is 0 Å². The fraction of sp³-hybridized carbons (Fsp3) is 0.833.